The quantitative estimate of drug-likeness (QED) is 0.377. The molecular weight excluding hydrogens is 435 g/mol. The second-order valence-electron chi connectivity index (χ2n) is 6.91. The van der Waals surface area contributed by atoms with Crippen LogP contribution in [0.1, 0.15) is 17.4 Å². The Morgan fingerprint density at radius 2 is 1.84 bits per heavy atom. The van der Waals surface area contributed by atoms with Crippen LogP contribution in [0.5, 0.6) is 5.88 Å². The lowest BCUT2D eigenvalue weighted by molar-refractivity contribution is 0.225. The largest absolute Gasteiger partial charge is 0.448 e. The third kappa shape index (κ3) is 4.33. The van der Waals surface area contributed by atoms with E-state index in [1.807, 2.05) is 48.5 Å². The predicted octanol–water partition coefficient (Wildman–Crippen LogP) is 6.13. The van der Waals surface area contributed by atoms with Gasteiger partial charge in [-0.25, -0.2) is 4.39 Å². The number of hydrogen-bond donors (Lipinski definition) is 1. The molecule has 0 fully saturated rings. The summed E-state index contributed by atoms with van der Waals surface area (Å²) in [6, 6.07) is 21.6. The molecule has 0 spiro atoms. The van der Waals surface area contributed by atoms with Crippen molar-refractivity contribution < 1.29 is 9.13 Å². The monoisotopic (exact) mass is 450 g/mol. The fraction of sp³-hybridized carbons (Fsp3) is 0.0870. The Labute approximate surface area is 187 Å². The van der Waals surface area contributed by atoms with Crippen molar-refractivity contribution in [2.75, 3.05) is 5.32 Å². The standard InChI is InChI=1S/C23H16ClFN4OS/c24-16-10-8-14(9-11-16)13-31-23-27-22-20(28-29-23)18-6-1-2-7-19(18)26-21(30-22)15-4-3-5-17(25)12-15/h1-12,21,26H,13H2/t21-/m1/s1. The Bertz CT molecular complexity index is 1240. The van der Waals surface area contributed by atoms with E-state index in [-0.39, 0.29) is 5.82 Å². The zero-order chi connectivity index (χ0) is 21.2. The molecule has 0 aliphatic carbocycles. The highest BCUT2D eigenvalue weighted by atomic mass is 35.5. The van der Waals surface area contributed by atoms with Crippen molar-refractivity contribution >= 4 is 29.1 Å². The van der Waals surface area contributed by atoms with Crippen LogP contribution in [0, 0.1) is 5.82 Å². The summed E-state index contributed by atoms with van der Waals surface area (Å²) in [5.41, 5.74) is 3.92. The molecule has 0 amide bonds. The summed E-state index contributed by atoms with van der Waals surface area (Å²) in [5, 5.41) is 13.2. The Morgan fingerprint density at radius 3 is 2.68 bits per heavy atom. The Kier molecular flexibility index (Phi) is 5.44. The van der Waals surface area contributed by atoms with Crippen LogP contribution in [-0.4, -0.2) is 15.2 Å². The second kappa shape index (κ2) is 8.53. The number of thioether (sulfide) groups is 1. The van der Waals surface area contributed by atoms with Gasteiger partial charge in [-0.3, -0.25) is 0 Å². The van der Waals surface area contributed by atoms with Gasteiger partial charge < -0.3 is 10.1 Å². The summed E-state index contributed by atoms with van der Waals surface area (Å²) in [6.45, 7) is 0. The van der Waals surface area contributed by atoms with Crippen LogP contribution >= 0.6 is 23.4 Å². The third-order valence-electron chi connectivity index (χ3n) is 4.77. The van der Waals surface area contributed by atoms with Gasteiger partial charge in [0.05, 0.1) is 0 Å². The van der Waals surface area contributed by atoms with E-state index in [0.717, 1.165) is 16.8 Å². The van der Waals surface area contributed by atoms with Crippen LogP contribution < -0.4 is 10.1 Å². The predicted molar refractivity (Wildman–Crippen MR) is 120 cm³/mol. The first kappa shape index (κ1) is 19.8. The van der Waals surface area contributed by atoms with E-state index in [1.165, 1.54) is 23.9 Å². The van der Waals surface area contributed by atoms with Gasteiger partial charge in [-0.2, -0.15) is 4.98 Å². The molecule has 2 heterocycles. The molecule has 1 atom stereocenters. The van der Waals surface area contributed by atoms with E-state index in [1.54, 1.807) is 12.1 Å². The van der Waals surface area contributed by atoms with Gasteiger partial charge in [0.2, 0.25) is 11.0 Å². The number of rotatable bonds is 4. The molecule has 5 nitrogen and oxygen atoms in total. The molecule has 1 N–H and O–H groups in total. The highest BCUT2D eigenvalue weighted by Gasteiger charge is 2.26. The van der Waals surface area contributed by atoms with Crippen LogP contribution in [-0.2, 0) is 5.75 Å². The molecule has 1 aliphatic heterocycles. The maximum absolute atomic E-state index is 13.8. The van der Waals surface area contributed by atoms with E-state index in [0.29, 0.717) is 33.1 Å². The van der Waals surface area contributed by atoms with Crippen LogP contribution in [0.2, 0.25) is 5.02 Å². The lowest BCUT2D eigenvalue weighted by atomic mass is 10.1. The van der Waals surface area contributed by atoms with Crippen LogP contribution in [0.15, 0.2) is 78.0 Å². The van der Waals surface area contributed by atoms with Crippen molar-refractivity contribution in [2.45, 2.75) is 17.1 Å². The molecule has 0 radical (unpaired) electrons. The van der Waals surface area contributed by atoms with Crippen molar-refractivity contribution in [1.82, 2.24) is 15.2 Å². The highest BCUT2D eigenvalue weighted by molar-refractivity contribution is 7.98. The van der Waals surface area contributed by atoms with Crippen molar-refractivity contribution in [2.24, 2.45) is 0 Å². The first-order valence-corrected chi connectivity index (χ1v) is 10.9. The summed E-state index contributed by atoms with van der Waals surface area (Å²) in [4.78, 5) is 4.61. The van der Waals surface area contributed by atoms with E-state index in [9.17, 15) is 4.39 Å². The van der Waals surface area contributed by atoms with Crippen molar-refractivity contribution in [1.29, 1.82) is 0 Å². The van der Waals surface area contributed by atoms with E-state index in [2.05, 4.69) is 20.5 Å². The Balaban J connectivity index is 1.48. The number of aromatic nitrogens is 3. The molecular formula is C23H16ClFN4OS. The Hall–Kier alpha value is -3.16. The van der Waals surface area contributed by atoms with E-state index >= 15 is 0 Å². The smallest absolute Gasteiger partial charge is 0.247 e. The minimum Gasteiger partial charge on any atom is -0.448 e. The summed E-state index contributed by atoms with van der Waals surface area (Å²) in [7, 11) is 0. The fourth-order valence-corrected chi connectivity index (χ4v) is 4.12. The average molecular weight is 451 g/mol. The van der Waals surface area contributed by atoms with Gasteiger partial charge in [-0.1, -0.05) is 65.8 Å². The number of benzene rings is 3. The lowest BCUT2D eigenvalue weighted by Crippen LogP contribution is -2.17. The number of nitrogens with zero attached hydrogens (tertiary/aromatic N) is 3. The van der Waals surface area contributed by atoms with Crippen LogP contribution in [0.25, 0.3) is 11.3 Å². The minimum atomic E-state index is -0.621. The third-order valence-corrected chi connectivity index (χ3v) is 5.93. The molecule has 1 aromatic heterocycles. The number of nitrogens with one attached hydrogen (secondary N) is 1. The van der Waals surface area contributed by atoms with Crippen LogP contribution in [0.4, 0.5) is 10.1 Å². The number of anilines is 1. The van der Waals surface area contributed by atoms with Gasteiger partial charge in [-0.15, -0.1) is 10.2 Å². The zero-order valence-electron chi connectivity index (χ0n) is 16.1. The molecule has 0 saturated heterocycles. The van der Waals surface area contributed by atoms with Gasteiger partial charge >= 0.3 is 0 Å². The lowest BCUT2D eigenvalue weighted by Gasteiger charge is -2.19. The number of fused-ring (bicyclic) bond motifs is 3. The van der Waals surface area contributed by atoms with Crippen molar-refractivity contribution in [3.63, 3.8) is 0 Å². The molecule has 1 aliphatic rings. The van der Waals surface area contributed by atoms with Crippen molar-refractivity contribution in [3.05, 3.63) is 94.8 Å². The summed E-state index contributed by atoms with van der Waals surface area (Å²) < 4.78 is 20.0. The molecule has 4 aromatic rings. The molecule has 154 valence electrons. The molecule has 8 heteroatoms. The highest BCUT2D eigenvalue weighted by Crippen LogP contribution is 2.39. The van der Waals surface area contributed by atoms with Gasteiger partial charge in [0.1, 0.15) is 5.82 Å². The fourth-order valence-electron chi connectivity index (χ4n) is 3.26. The maximum atomic E-state index is 13.8. The van der Waals surface area contributed by atoms with Crippen LogP contribution in [0.3, 0.4) is 0 Å². The van der Waals surface area contributed by atoms with E-state index in [4.69, 9.17) is 16.3 Å². The second-order valence-corrected chi connectivity index (χ2v) is 8.29. The number of para-hydroxylation sites is 1. The topological polar surface area (TPSA) is 59.9 Å². The normalized spacial score (nSPS) is 14.6. The van der Waals surface area contributed by atoms with Crippen molar-refractivity contribution in [3.8, 4) is 17.1 Å². The molecule has 0 unspecified atom stereocenters. The molecule has 3 aromatic carbocycles. The first-order valence-electron chi connectivity index (χ1n) is 9.56. The Morgan fingerprint density at radius 1 is 1.00 bits per heavy atom. The minimum absolute atomic E-state index is 0.333. The SMILES string of the molecule is Fc1cccc([C@@H]2Nc3ccccc3-c3nnc(SCc4ccc(Cl)cc4)nc3O2)c1. The molecule has 0 saturated carbocycles. The maximum Gasteiger partial charge on any atom is 0.247 e. The first-order chi connectivity index (χ1) is 15.2. The number of ether oxygens (including phenoxy) is 1. The van der Waals surface area contributed by atoms with Gasteiger partial charge in [0.15, 0.2) is 11.9 Å². The van der Waals surface area contributed by atoms with Gasteiger partial charge in [0, 0.05) is 27.6 Å². The summed E-state index contributed by atoms with van der Waals surface area (Å²) in [6.07, 6.45) is -0.621. The zero-order valence-corrected chi connectivity index (χ0v) is 17.7. The molecule has 5 rings (SSSR count). The number of hydrogen-bond acceptors (Lipinski definition) is 6. The van der Waals surface area contributed by atoms with E-state index < -0.39 is 6.23 Å². The molecule has 31 heavy (non-hydrogen) atoms. The summed E-state index contributed by atoms with van der Waals surface area (Å²) >= 11 is 7.40. The van der Waals surface area contributed by atoms with Gasteiger partial charge in [-0.05, 0) is 35.9 Å². The molecule has 0 bridgehead atoms. The van der Waals surface area contributed by atoms with Gasteiger partial charge in [0.25, 0.3) is 0 Å². The number of halogens is 2. The summed E-state index contributed by atoms with van der Waals surface area (Å²) in [5.74, 6) is 0.681. The average Bonchev–Trinajstić information content (AvgIpc) is 2.95.